The number of hydrogen-bond acceptors (Lipinski definition) is 5. The van der Waals surface area contributed by atoms with Crippen LogP contribution in [-0.2, 0) is 19.1 Å². The van der Waals surface area contributed by atoms with Crippen molar-refractivity contribution in [2.24, 2.45) is 0 Å². The molecule has 0 aromatic heterocycles. The van der Waals surface area contributed by atoms with Crippen LogP contribution in [-0.4, -0.2) is 36.4 Å². The number of ether oxygens (including phenoxy) is 2. The lowest BCUT2D eigenvalue weighted by Gasteiger charge is -2.15. The zero-order valence-corrected chi connectivity index (χ0v) is 33.0. The molecular weight excluding hydrogens is 608 g/mol. The number of carbonyl (C=O) groups is 2. The minimum absolute atomic E-state index is 0.0644. The molecule has 0 unspecified atom stereocenters. The molecule has 0 aromatic rings. The van der Waals surface area contributed by atoms with E-state index in [0.717, 1.165) is 44.9 Å². The van der Waals surface area contributed by atoms with Gasteiger partial charge in [0.1, 0.15) is 6.61 Å². The van der Waals surface area contributed by atoms with Gasteiger partial charge in [-0.15, -0.1) is 0 Å². The lowest BCUT2D eigenvalue weighted by Crippen LogP contribution is -2.28. The van der Waals surface area contributed by atoms with Crippen molar-refractivity contribution in [3.05, 3.63) is 12.2 Å². The van der Waals surface area contributed by atoms with E-state index in [2.05, 4.69) is 26.0 Å². The first-order valence-electron chi connectivity index (χ1n) is 21.7. The summed E-state index contributed by atoms with van der Waals surface area (Å²) in [4.78, 5) is 24.3. The number of aliphatic hydroxyl groups is 1. The summed E-state index contributed by atoms with van der Waals surface area (Å²) in [5.74, 6) is -0.589. The maximum atomic E-state index is 12.2. The second-order valence-electron chi connectivity index (χ2n) is 14.8. The van der Waals surface area contributed by atoms with Crippen molar-refractivity contribution < 1.29 is 24.2 Å². The van der Waals surface area contributed by atoms with Gasteiger partial charge in [0.25, 0.3) is 0 Å². The third-order valence-electron chi connectivity index (χ3n) is 9.81. The maximum absolute atomic E-state index is 12.2. The van der Waals surface area contributed by atoms with Crippen LogP contribution in [0.25, 0.3) is 0 Å². The highest BCUT2D eigenvalue weighted by atomic mass is 16.6. The Bertz CT molecular complexity index is 705. The van der Waals surface area contributed by atoms with E-state index in [0.29, 0.717) is 12.8 Å². The first kappa shape index (κ1) is 47.6. The third kappa shape index (κ3) is 39.3. The zero-order valence-electron chi connectivity index (χ0n) is 33.0. The molecule has 0 saturated heterocycles. The molecule has 0 spiro atoms. The normalized spacial score (nSPS) is 12.1. The van der Waals surface area contributed by atoms with Gasteiger partial charge in [-0.05, 0) is 38.5 Å². The van der Waals surface area contributed by atoms with Gasteiger partial charge in [0, 0.05) is 12.8 Å². The average Bonchev–Trinajstić information content (AvgIpc) is 3.10. The van der Waals surface area contributed by atoms with Crippen LogP contribution in [0.2, 0.25) is 0 Å². The van der Waals surface area contributed by atoms with E-state index in [1.807, 2.05) is 0 Å². The summed E-state index contributed by atoms with van der Waals surface area (Å²) in [5, 5.41) is 9.56. The molecule has 1 atom stereocenters. The Morgan fingerprint density at radius 3 is 1.14 bits per heavy atom. The van der Waals surface area contributed by atoms with Gasteiger partial charge in [0.05, 0.1) is 6.61 Å². The van der Waals surface area contributed by atoms with Crippen molar-refractivity contribution >= 4 is 11.9 Å². The van der Waals surface area contributed by atoms with Crippen LogP contribution in [0.15, 0.2) is 12.2 Å². The fourth-order valence-corrected chi connectivity index (χ4v) is 6.49. The number of aliphatic hydroxyl groups excluding tert-OH is 1. The van der Waals surface area contributed by atoms with E-state index in [9.17, 15) is 14.7 Å². The van der Waals surface area contributed by atoms with Crippen molar-refractivity contribution in [1.82, 2.24) is 0 Å². The third-order valence-corrected chi connectivity index (χ3v) is 9.81. The second-order valence-corrected chi connectivity index (χ2v) is 14.8. The molecule has 1 N–H and O–H groups in total. The topological polar surface area (TPSA) is 72.8 Å². The second kappa shape index (κ2) is 41.1. The molecule has 290 valence electrons. The standard InChI is InChI=1S/C44H84O5/c1-3-5-7-9-11-13-15-17-18-19-20-21-22-23-24-25-26-27-29-31-33-35-37-39-44(47)49-42(40-45)41-48-43(46)38-36-34-32-30-28-16-14-12-10-8-6-4-2/h12,14,42,45H,3-11,13,15-41H2,1-2H3/b14-12+/t42-/m0/s1. The van der Waals surface area contributed by atoms with Gasteiger partial charge in [0.15, 0.2) is 6.10 Å². The van der Waals surface area contributed by atoms with Gasteiger partial charge in [-0.1, -0.05) is 199 Å². The number of allylic oxidation sites excluding steroid dienone is 2. The molecule has 0 amide bonds. The van der Waals surface area contributed by atoms with Gasteiger partial charge >= 0.3 is 11.9 Å². The summed E-state index contributed by atoms with van der Waals surface area (Å²) in [6.07, 6.45) is 47.2. The van der Waals surface area contributed by atoms with E-state index in [4.69, 9.17) is 9.47 Å². The predicted molar refractivity (Wildman–Crippen MR) is 210 cm³/mol. The SMILES string of the molecule is CCCCC/C=C/CCCCCCCC(=O)OC[C@H](CO)OC(=O)CCCCCCCCCCCCCCCCCCCCCCCCC. The fraction of sp³-hybridized carbons (Fsp3) is 0.909. The summed E-state index contributed by atoms with van der Waals surface area (Å²) in [7, 11) is 0. The number of rotatable bonds is 40. The van der Waals surface area contributed by atoms with Crippen molar-refractivity contribution in [3.63, 3.8) is 0 Å². The first-order valence-corrected chi connectivity index (χ1v) is 21.7. The summed E-state index contributed by atoms with van der Waals surface area (Å²) in [6, 6.07) is 0. The van der Waals surface area contributed by atoms with Crippen LogP contribution in [0, 0.1) is 0 Å². The van der Waals surface area contributed by atoms with Gasteiger partial charge in [-0.25, -0.2) is 0 Å². The summed E-state index contributed by atoms with van der Waals surface area (Å²) in [6.45, 7) is 4.13. The van der Waals surface area contributed by atoms with Crippen LogP contribution in [0.1, 0.15) is 239 Å². The monoisotopic (exact) mass is 693 g/mol. The zero-order chi connectivity index (χ0) is 35.7. The van der Waals surface area contributed by atoms with E-state index in [1.165, 1.54) is 167 Å². The summed E-state index contributed by atoms with van der Waals surface area (Å²) >= 11 is 0. The van der Waals surface area contributed by atoms with Gasteiger partial charge in [-0.3, -0.25) is 9.59 Å². The van der Waals surface area contributed by atoms with Crippen LogP contribution in [0.4, 0.5) is 0 Å². The molecule has 0 aliphatic heterocycles. The highest BCUT2D eigenvalue weighted by Crippen LogP contribution is 2.16. The molecule has 5 heteroatoms. The van der Waals surface area contributed by atoms with Crippen LogP contribution in [0.3, 0.4) is 0 Å². The summed E-state index contributed by atoms with van der Waals surface area (Å²) in [5.41, 5.74) is 0. The minimum atomic E-state index is -0.768. The average molecular weight is 693 g/mol. The number of unbranched alkanes of at least 4 members (excludes halogenated alkanes) is 30. The molecule has 0 bridgehead atoms. The lowest BCUT2D eigenvalue weighted by molar-refractivity contribution is -0.161. The summed E-state index contributed by atoms with van der Waals surface area (Å²) < 4.78 is 10.6. The van der Waals surface area contributed by atoms with E-state index in [1.54, 1.807) is 0 Å². The van der Waals surface area contributed by atoms with Crippen LogP contribution >= 0.6 is 0 Å². The number of hydrogen-bond donors (Lipinski definition) is 1. The smallest absolute Gasteiger partial charge is 0.306 e. The van der Waals surface area contributed by atoms with Gasteiger partial charge in [-0.2, -0.15) is 0 Å². The quantitative estimate of drug-likeness (QED) is 0.0393. The van der Waals surface area contributed by atoms with Crippen LogP contribution in [0.5, 0.6) is 0 Å². The molecule has 0 radical (unpaired) electrons. The molecule has 0 saturated carbocycles. The molecule has 5 nitrogen and oxygen atoms in total. The Morgan fingerprint density at radius 1 is 0.449 bits per heavy atom. The molecule has 0 aliphatic carbocycles. The Labute approximate surface area is 305 Å². The Balaban J connectivity index is 3.45. The van der Waals surface area contributed by atoms with Crippen LogP contribution < -0.4 is 0 Å². The van der Waals surface area contributed by atoms with Gasteiger partial charge < -0.3 is 14.6 Å². The van der Waals surface area contributed by atoms with E-state index in [-0.39, 0.29) is 25.2 Å². The minimum Gasteiger partial charge on any atom is -0.462 e. The Kier molecular flexibility index (Phi) is 39.9. The molecule has 0 aliphatic rings. The molecule has 0 rings (SSSR count). The maximum Gasteiger partial charge on any atom is 0.306 e. The molecule has 49 heavy (non-hydrogen) atoms. The molecule has 0 heterocycles. The largest absolute Gasteiger partial charge is 0.462 e. The fourth-order valence-electron chi connectivity index (χ4n) is 6.49. The number of esters is 2. The highest BCUT2D eigenvalue weighted by molar-refractivity contribution is 5.70. The van der Waals surface area contributed by atoms with Crippen molar-refractivity contribution in [1.29, 1.82) is 0 Å². The predicted octanol–water partition coefficient (Wildman–Crippen LogP) is 13.7. The molecular formula is C44H84O5. The highest BCUT2D eigenvalue weighted by Gasteiger charge is 2.16. The van der Waals surface area contributed by atoms with Crippen molar-refractivity contribution in [3.8, 4) is 0 Å². The molecule has 0 fully saturated rings. The number of carbonyl (C=O) groups excluding carboxylic acids is 2. The first-order chi connectivity index (χ1) is 24.1. The van der Waals surface area contributed by atoms with Crippen molar-refractivity contribution in [2.45, 2.75) is 245 Å². The lowest BCUT2D eigenvalue weighted by atomic mass is 10.0. The Morgan fingerprint density at radius 2 is 0.755 bits per heavy atom. The van der Waals surface area contributed by atoms with E-state index < -0.39 is 6.10 Å². The molecule has 0 aromatic carbocycles. The Hall–Kier alpha value is -1.36. The van der Waals surface area contributed by atoms with Gasteiger partial charge in [0.2, 0.25) is 0 Å². The van der Waals surface area contributed by atoms with Crippen molar-refractivity contribution in [2.75, 3.05) is 13.2 Å². The van der Waals surface area contributed by atoms with E-state index >= 15 is 0 Å².